The topological polar surface area (TPSA) is 56.0 Å². The smallest absolute Gasteiger partial charge is 0.267 e. The molecule has 1 aromatic carbocycles. The Morgan fingerprint density at radius 1 is 1.22 bits per heavy atom. The number of carbonyl (C=O) groups excluding carboxylic acids is 1. The summed E-state index contributed by atoms with van der Waals surface area (Å²) in [4.78, 5) is 15.5. The van der Waals surface area contributed by atoms with Gasteiger partial charge < -0.3 is 5.73 Å². The van der Waals surface area contributed by atoms with E-state index in [1.54, 1.807) is 6.07 Å². The van der Waals surface area contributed by atoms with Crippen LogP contribution in [0.25, 0.3) is 10.9 Å². The van der Waals surface area contributed by atoms with E-state index in [-0.39, 0.29) is 5.41 Å². The van der Waals surface area contributed by atoms with Gasteiger partial charge in [-0.05, 0) is 41.7 Å². The van der Waals surface area contributed by atoms with Crippen molar-refractivity contribution in [2.45, 2.75) is 33.1 Å². The van der Waals surface area contributed by atoms with E-state index in [9.17, 15) is 4.79 Å². The fourth-order valence-electron chi connectivity index (χ4n) is 1.99. The van der Waals surface area contributed by atoms with Crippen LogP contribution in [0.15, 0.2) is 24.3 Å². The molecule has 0 atom stereocenters. The molecule has 2 aromatic rings. The quantitative estimate of drug-likeness (QED) is 0.835. The number of aromatic nitrogens is 1. The molecule has 1 heterocycles. The summed E-state index contributed by atoms with van der Waals surface area (Å²) in [7, 11) is 0. The number of pyridine rings is 1. The van der Waals surface area contributed by atoms with Gasteiger partial charge in [0.1, 0.15) is 5.69 Å². The normalized spacial score (nSPS) is 11.8. The number of carbonyl (C=O) groups is 1. The molecule has 1 amide bonds. The molecule has 2 rings (SSSR count). The Kier molecular flexibility index (Phi) is 2.85. The van der Waals surface area contributed by atoms with Gasteiger partial charge in [-0.1, -0.05) is 26.8 Å². The second kappa shape index (κ2) is 4.09. The van der Waals surface area contributed by atoms with E-state index >= 15 is 0 Å². The zero-order valence-electron chi connectivity index (χ0n) is 11.2. The third-order valence-electron chi connectivity index (χ3n) is 3.13. The highest BCUT2D eigenvalue weighted by Gasteiger charge is 2.15. The summed E-state index contributed by atoms with van der Waals surface area (Å²) in [5.74, 6) is -0.486. The molecule has 3 nitrogen and oxygen atoms in total. The molecule has 0 unspecified atom stereocenters. The number of hydrogen-bond acceptors (Lipinski definition) is 2. The number of amides is 1. The Balaban J connectivity index is 2.69. The molecule has 0 spiro atoms. The van der Waals surface area contributed by atoms with E-state index in [1.807, 2.05) is 13.0 Å². The molecule has 2 N–H and O–H groups in total. The number of nitrogens with two attached hydrogens (primary N) is 1. The van der Waals surface area contributed by atoms with Gasteiger partial charge in [0.25, 0.3) is 5.91 Å². The van der Waals surface area contributed by atoms with Crippen molar-refractivity contribution in [3.8, 4) is 0 Å². The first-order valence-corrected chi connectivity index (χ1v) is 6.01. The second-order valence-corrected chi connectivity index (χ2v) is 5.67. The van der Waals surface area contributed by atoms with Gasteiger partial charge in [-0.25, -0.2) is 4.98 Å². The highest BCUT2D eigenvalue weighted by molar-refractivity contribution is 5.95. The molecule has 94 valence electrons. The van der Waals surface area contributed by atoms with Crippen LogP contribution >= 0.6 is 0 Å². The van der Waals surface area contributed by atoms with E-state index in [2.05, 4.69) is 37.9 Å². The Hall–Kier alpha value is -1.90. The van der Waals surface area contributed by atoms with E-state index in [0.717, 1.165) is 16.5 Å². The number of aryl methyl sites for hydroxylation is 1. The molecule has 0 fully saturated rings. The second-order valence-electron chi connectivity index (χ2n) is 5.67. The molecule has 3 heteroatoms. The van der Waals surface area contributed by atoms with E-state index in [0.29, 0.717) is 5.69 Å². The summed E-state index contributed by atoms with van der Waals surface area (Å²) in [5, 5.41) is 1.08. The Morgan fingerprint density at radius 3 is 2.44 bits per heavy atom. The number of hydrogen-bond donors (Lipinski definition) is 1. The number of rotatable bonds is 1. The molecule has 0 aliphatic rings. The minimum Gasteiger partial charge on any atom is -0.364 e. The van der Waals surface area contributed by atoms with Crippen molar-refractivity contribution >= 4 is 16.8 Å². The molecule has 0 aliphatic heterocycles. The summed E-state index contributed by atoms with van der Waals surface area (Å²) < 4.78 is 0. The Morgan fingerprint density at radius 2 is 1.89 bits per heavy atom. The third kappa shape index (κ3) is 2.21. The highest BCUT2D eigenvalue weighted by atomic mass is 16.1. The molecule has 0 saturated heterocycles. The van der Waals surface area contributed by atoms with Gasteiger partial charge in [0.2, 0.25) is 0 Å². The monoisotopic (exact) mass is 242 g/mol. The van der Waals surface area contributed by atoms with Crippen LogP contribution in [0.3, 0.4) is 0 Å². The zero-order chi connectivity index (χ0) is 13.5. The summed E-state index contributed by atoms with van der Waals surface area (Å²) in [6.45, 7) is 8.50. The number of benzene rings is 1. The first-order chi connectivity index (χ1) is 8.29. The van der Waals surface area contributed by atoms with Crippen LogP contribution in [0.1, 0.15) is 42.4 Å². The minimum absolute atomic E-state index is 0.100. The van der Waals surface area contributed by atoms with Gasteiger partial charge in [-0.15, -0.1) is 0 Å². The maximum absolute atomic E-state index is 11.2. The Labute approximate surface area is 107 Å². The van der Waals surface area contributed by atoms with Crippen molar-refractivity contribution in [2.75, 3.05) is 0 Å². The highest BCUT2D eigenvalue weighted by Crippen LogP contribution is 2.27. The molecular formula is C15H18N2O. The standard InChI is InChI=1S/C15H18N2O/c1-9-7-13(14(16)18)17-12-6-5-10(8-11(9)12)15(2,3)4/h5-8H,1-4H3,(H2,16,18). The Bertz CT molecular complexity index is 624. The lowest BCUT2D eigenvalue weighted by Gasteiger charge is -2.19. The average molecular weight is 242 g/mol. The molecule has 0 radical (unpaired) electrons. The van der Waals surface area contributed by atoms with Crippen molar-refractivity contribution < 1.29 is 4.79 Å². The van der Waals surface area contributed by atoms with Gasteiger partial charge in [0.15, 0.2) is 0 Å². The number of nitrogens with zero attached hydrogens (tertiary/aromatic N) is 1. The lowest BCUT2D eigenvalue weighted by atomic mass is 9.86. The van der Waals surface area contributed by atoms with E-state index in [1.165, 1.54) is 5.56 Å². The molecule has 0 bridgehead atoms. The van der Waals surface area contributed by atoms with Crippen LogP contribution in [-0.4, -0.2) is 10.9 Å². The fraction of sp³-hybridized carbons (Fsp3) is 0.333. The maximum Gasteiger partial charge on any atom is 0.267 e. The molecule has 1 aromatic heterocycles. The van der Waals surface area contributed by atoms with Crippen LogP contribution in [0.2, 0.25) is 0 Å². The predicted octanol–water partition coefficient (Wildman–Crippen LogP) is 2.94. The van der Waals surface area contributed by atoms with Crippen molar-refractivity contribution in [3.05, 3.63) is 41.1 Å². The van der Waals surface area contributed by atoms with Gasteiger partial charge in [0.05, 0.1) is 5.52 Å². The SMILES string of the molecule is Cc1cc(C(N)=O)nc2ccc(C(C)(C)C)cc12. The number of primary amides is 1. The van der Waals surface area contributed by atoms with Crippen molar-refractivity contribution in [3.63, 3.8) is 0 Å². The van der Waals surface area contributed by atoms with Crippen LogP contribution in [-0.2, 0) is 5.41 Å². The lowest BCUT2D eigenvalue weighted by Crippen LogP contribution is -2.14. The van der Waals surface area contributed by atoms with Crippen LogP contribution < -0.4 is 5.73 Å². The predicted molar refractivity (Wildman–Crippen MR) is 73.7 cm³/mol. The first kappa shape index (κ1) is 12.6. The zero-order valence-corrected chi connectivity index (χ0v) is 11.2. The van der Waals surface area contributed by atoms with Gasteiger partial charge in [-0.2, -0.15) is 0 Å². The lowest BCUT2D eigenvalue weighted by molar-refractivity contribution is 0.0996. The average Bonchev–Trinajstić information content (AvgIpc) is 2.27. The molecule has 0 aliphatic carbocycles. The maximum atomic E-state index is 11.2. The summed E-state index contributed by atoms with van der Waals surface area (Å²) in [5.41, 5.74) is 8.79. The number of fused-ring (bicyclic) bond motifs is 1. The molecular weight excluding hydrogens is 224 g/mol. The van der Waals surface area contributed by atoms with E-state index in [4.69, 9.17) is 5.73 Å². The van der Waals surface area contributed by atoms with Crippen molar-refractivity contribution in [1.82, 2.24) is 4.98 Å². The fourth-order valence-corrected chi connectivity index (χ4v) is 1.99. The molecule has 18 heavy (non-hydrogen) atoms. The summed E-state index contributed by atoms with van der Waals surface area (Å²) >= 11 is 0. The molecule has 0 saturated carbocycles. The summed E-state index contributed by atoms with van der Waals surface area (Å²) in [6, 6.07) is 7.90. The minimum atomic E-state index is -0.486. The van der Waals surface area contributed by atoms with Crippen LogP contribution in [0.5, 0.6) is 0 Å². The van der Waals surface area contributed by atoms with Crippen molar-refractivity contribution in [2.24, 2.45) is 5.73 Å². The van der Waals surface area contributed by atoms with Crippen molar-refractivity contribution in [1.29, 1.82) is 0 Å². The van der Waals surface area contributed by atoms with Gasteiger partial charge in [0, 0.05) is 5.39 Å². The third-order valence-corrected chi connectivity index (χ3v) is 3.13. The first-order valence-electron chi connectivity index (χ1n) is 6.01. The van der Waals surface area contributed by atoms with Crippen LogP contribution in [0.4, 0.5) is 0 Å². The summed E-state index contributed by atoms with van der Waals surface area (Å²) in [6.07, 6.45) is 0. The van der Waals surface area contributed by atoms with E-state index < -0.39 is 5.91 Å². The van der Waals surface area contributed by atoms with Crippen LogP contribution in [0, 0.1) is 6.92 Å². The van der Waals surface area contributed by atoms with Gasteiger partial charge in [-0.3, -0.25) is 4.79 Å². The largest absolute Gasteiger partial charge is 0.364 e. The van der Waals surface area contributed by atoms with Gasteiger partial charge >= 0.3 is 0 Å².